The van der Waals surface area contributed by atoms with E-state index in [-0.39, 0.29) is 0 Å². The SMILES string of the molecule is CC1CCC(CCOc2ccccc2)(C(=O)O)C1. The Bertz CT molecular complexity index is 401. The molecular weight excluding hydrogens is 228 g/mol. The molecule has 0 amide bonds. The first kappa shape index (κ1) is 12.9. The van der Waals surface area contributed by atoms with Crippen LogP contribution in [-0.4, -0.2) is 17.7 Å². The van der Waals surface area contributed by atoms with Gasteiger partial charge in [-0.3, -0.25) is 4.79 Å². The van der Waals surface area contributed by atoms with E-state index in [1.54, 1.807) is 0 Å². The lowest BCUT2D eigenvalue weighted by Crippen LogP contribution is -2.30. The van der Waals surface area contributed by atoms with Crippen molar-refractivity contribution in [2.24, 2.45) is 11.3 Å². The van der Waals surface area contributed by atoms with Crippen LogP contribution in [0, 0.1) is 11.3 Å². The van der Waals surface area contributed by atoms with Gasteiger partial charge < -0.3 is 9.84 Å². The van der Waals surface area contributed by atoms with Crippen molar-refractivity contribution in [3.05, 3.63) is 30.3 Å². The molecule has 1 aromatic rings. The molecule has 0 heterocycles. The third-order valence-electron chi connectivity index (χ3n) is 3.90. The zero-order valence-electron chi connectivity index (χ0n) is 10.8. The van der Waals surface area contributed by atoms with Crippen molar-refractivity contribution in [1.82, 2.24) is 0 Å². The molecule has 18 heavy (non-hydrogen) atoms. The average molecular weight is 248 g/mol. The highest BCUT2D eigenvalue weighted by Gasteiger charge is 2.43. The van der Waals surface area contributed by atoms with Crippen LogP contribution in [0.15, 0.2) is 30.3 Å². The van der Waals surface area contributed by atoms with Gasteiger partial charge in [-0.25, -0.2) is 0 Å². The van der Waals surface area contributed by atoms with Crippen LogP contribution in [0.1, 0.15) is 32.6 Å². The van der Waals surface area contributed by atoms with Crippen molar-refractivity contribution in [3.63, 3.8) is 0 Å². The minimum absolute atomic E-state index is 0.475. The maximum atomic E-state index is 11.5. The van der Waals surface area contributed by atoms with Crippen molar-refractivity contribution in [3.8, 4) is 5.75 Å². The number of rotatable bonds is 5. The predicted molar refractivity (Wildman–Crippen MR) is 69.6 cm³/mol. The van der Waals surface area contributed by atoms with Gasteiger partial charge in [-0.1, -0.05) is 25.1 Å². The monoisotopic (exact) mass is 248 g/mol. The van der Waals surface area contributed by atoms with Gasteiger partial charge in [-0.05, 0) is 43.7 Å². The third-order valence-corrected chi connectivity index (χ3v) is 3.90. The van der Waals surface area contributed by atoms with Crippen LogP contribution in [0.2, 0.25) is 0 Å². The molecule has 1 fully saturated rings. The van der Waals surface area contributed by atoms with E-state index in [1.807, 2.05) is 30.3 Å². The van der Waals surface area contributed by atoms with Gasteiger partial charge in [-0.2, -0.15) is 0 Å². The Balaban J connectivity index is 1.90. The van der Waals surface area contributed by atoms with E-state index in [1.165, 1.54) is 0 Å². The molecule has 1 N–H and O–H groups in total. The van der Waals surface area contributed by atoms with Crippen LogP contribution in [0.4, 0.5) is 0 Å². The minimum Gasteiger partial charge on any atom is -0.494 e. The summed E-state index contributed by atoms with van der Waals surface area (Å²) in [4.78, 5) is 11.5. The second-order valence-corrected chi connectivity index (χ2v) is 5.34. The van der Waals surface area contributed by atoms with E-state index >= 15 is 0 Å². The van der Waals surface area contributed by atoms with E-state index < -0.39 is 11.4 Å². The molecule has 0 aromatic heterocycles. The fraction of sp³-hybridized carbons (Fsp3) is 0.533. The van der Waals surface area contributed by atoms with Gasteiger partial charge in [-0.15, -0.1) is 0 Å². The molecule has 0 saturated heterocycles. The average Bonchev–Trinajstić information content (AvgIpc) is 2.74. The molecule has 1 aromatic carbocycles. The Labute approximate surface area is 108 Å². The van der Waals surface area contributed by atoms with Gasteiger partial charge in [0.1, 0.15) is 5.75 Å². The summed E-state index contributed by atoms with van der Waals surface area (Å²) in [5.74, 6) is 0.658. The fourth-order valence-corrected chi connectivity index (χ4v) is 2.80. The Morgan fingerprint density at radius 1 is 1.44 bits per heavy atom. The summed E-state index contributed by atoms with van der Waals surface area (Å²) in [6, 6.07) is 9.56. The van der Waals surface area contributed by atoms with Gasteiger partial charge in [0.25, 0.3) is 0 Å². The van der Waals surface area contributed by atoms with Crippen LogP contribution in [0.3, 0.4) is 0 Å². The molecular formula is C15H20O3. The first-order chi connectivity index (χ1) is 8.62. The summed E-state index contributed by atoms with van der Waals surface area (Å²) in [6.07, 6.45) is 3.17. The second kappa shape index (κ2) is 5.42. The first-order valence-corrected chi connectivity index (χ1v) is 6.54. The molecule has 0 radical (unpaired) electrons. The number of carbonyl (C=O) groups is 1. The standard InChI is InChI=1S/C15H20O3/c1-12-7-8-15(11-12,14(16)17)9-10-18-13-5-3-2-4-6-13/h2-6,12H,7-11H2,1H3,(H,16,17). The van der Waals surface area contributed by atoms with Crippen molar-refractivity contribution in [2.75, 3.05) is 6.61 Å². The van der Waals surface area contributed by atoms with Gasteiger partial charge in [0.2, 0.25) is 0 Å². The zero-order chi connectivity index (χ0) is 13.0. The van der Waals surface area contributed by atoms with Crippen molar-refractivity contribution < 1.29 is 14.6 Å². The Kier molecular flexibility index (Phi) is 3.90. The number of benzene rings is 1. The lowest BCUT2D eigenvalue weighted by atomic mass is 9.82. The van der Waals surface area contributed by atoms with Crippen molar-refractivity contribution >= 4 is 5.97 Å². The summed E-state index contributed by atoms with van der Waals surface area (Å²) in [5, 5.41) is 9.42. The highest BCUT2D eigenvalue weighted by molar-refractivity contribution is 5.75. The molecule has 0 aliphatic heterocycles. The van der Waals surface area contributed by atoms with Crippen LogP contribution < -0.4 is 4.74 Å². The van der Waals surface area contributed by atoms with E-state index in [2.05, 4.69) is 6.92 Å². The predicted octanol–water partition coefficient (Wildman–Crippen LogP) is 3.35. The van der Waals surface area contributed by atoms with E-state index in [9.17, 15) is 9.90 Å². The quantitative estimate of drug-likeness (QED) is 0.869. The fourth-order valence-electron chi connectivity index (χ4n) is 2.80. The number of ether oxygens (including phenoxy) is 1. The first-order valence-electron chi connectivity index (χ1n) is 6.54. The highest BCUT2D eigenvalue weighted by Crippen LogP contribution is 2.44. The minimum atomic E-state index is -0.663. The second-order valence-electron chi connectivity index (χ2n) is 5.34. The van der Waals surface area contributed by atoms with Crippen molar-refractivity contribution in [2.45, 2.75) is 32.6 Å². The Morgan fingerprint density at radius 2 is 2.17 bits per heavy atom. The maximum Gasteiger partial charge on any atom is 0.309 e. The number of hydrogen-bond acceptors (Lipinski definition) is 2. The number of hydrogen-bond donors (Lipinski definition) is 1. The zero-order valence-corrected chi connectivity index (χ0v) is 10.8. The lowest BCUT2D eigenvalue weighted by Gasteiger charge is -2.24. The Morgan fingerprint density at radius 3 is 2.72 bits per heavy atom. The molecule has 1 aliphatic rings. The lowest BCUT2D eigenvalue weighted by molar-refractivity contribution is -0.149. The number of carboxylic acid groups (broad SMARTS) is 1. The summed E-state index contributed by atoms with van der Waals surface area (Å²) in [6.45, 7) is 2.60. The molecule has 2 atom stereocenters. The number of aliphatic carboxylic acids is 1. The summed E-state index contributed by atoms with van der Waals surface area (Å²) in [7, 11) is 0. The summed E-state index contributed by atoms with van der Waals surface area (Å²) in [5.41, 5.74) is -0.561. The van der Waals surface area contributed by atoms with Crippen molar-refractivity contribution in [1.29, 1.82) is 0 Å². The van der Waals surface area contributed by atoms with Crippen LogP contribution in [-0.2, 0) is 4.79 Å². The van der Waals surface area contributed by atoms with E-state index in [4.69, 9.17) is 4.74 Å². The summed E-state index contributed by atoms with van der Waals surface area (Å²) < 4.78 is 5.62. The normalized spacial score (nSPS) is 27.1. The third kappa shape index (κ3) is 2.84. The number of para-hydroxylation sites is 1. The van der Waals surface area contributed by atoms with Gasteiger partial charge in [0.05, 0.1) is 12.0 Å². The molecule has 0 spiro atoms. The van der Waals surface area contributed by atoms with Gasteiger partial charge >= 0.3 is 5.97 Å². The van der Waals surface area contributed by atoms with E-state index in [0.29, 0.717) is 18.9 Å². The molecule has 0 bridgehead atoms. The smallest absolute Gasteiger partial charge is 0.309 e. The topological polar surface area (TPSA) is 46.5 Å². The van der Waals surface area contributed by atoms with Gasteiger partial charge in [0, 0.05) is 0 Å². The summed E-state index contributed by atoms with van der Waals surface area (Å²) >= 11 is 0. The van der Waals surface area contributed by atoms with Crippen LogP contribution >= 0.6 is 0 Å². The largest absolute Gasteiger partial charge is 0.494 e. The van der Waals surface area contributed by atoms with Crippen LogP contribution in [0.25, 0.3) is 0 Å². The molecule has 98 valence electrons. The van der Waals surface area contributed by atoms with Gasteiger partial charge in [0.15, 0.2) is 0 Å². The Hall–Kier alpha value is -1.51. The van der Waals surface area contributed by atoms with Crippen LogP contribution in [0.5, 0.6) is 5.75 Å². The highest BCUT2D eigenvalue weighted by atomic mass is 16.5. The number of carboxylic acids is 1. The maximum absolute atomic E-state index is 11.5. The molecule has 2 rings (SSSR count). The molecule has 2 unspecified atom stereocenters. The molecule has 1 aliphatic carbocycles. The van der Waals surface area contributed by atoms with E-state index in [0.717, 1.165) is 25.0 Å². The molecule has 3 nitrogen and oxygen atoms in total. The molecule has 1 saturated carbocycles. The molecule has 3 heteroatoms.